The van der Waals surface area contributed by atoms with E-state index in [4.69, 9.17) is 17.3 Å². The van der Waals surface area contributed by atoms with Crippen LogP contribution in [-0.4, -0.2) is 25.5 Å². The maximum Gasteiger partial charge on any atom is 0.340 e. The lowest BCUT2D eigenvalue weighted by molar-refractivity contribution is -0.120. The van der Waals surface area contributed by atoms with Gasteiger partial charge in [0.25, 0.3) is 0 Å². The number of nitrogens with two attached hydrogens (primary N) is 1. The number of halogens is 1. The molecule has 1 aliphatic carbocycles. The second-order valence-corrected chi connectivity index (χ2v) is 5.06. The lowest BCUT2D eigenvalue weighted by Crippen LogP contribution is -2.31. The smallest absolute Gasteiger partial charge is 0.340 e. The van der Waals surface area contributed by atoms with E-state index in [9.17, 15) is 9.59 Å². The minimum absolute atomic E-state index is 0.164. The first-order valence-electron chi connectivity index (χ1n) is 5.92. The highest BCUT2D eigenvalue weighted by Crippen LogP contribution is 2.45. The first kappa shape index (κ1) is 13.8. The van der Waals surface area contributed by atoms with Crippen LogP contribution in [0.1, 0.15) is 23.2 Å². The number of amides is 1. The molecule has 3 N–H and O–H groups in total. The monoisotopic (exact) mass is 282 g/mol. The molecule has 0 unspecified atom stereocenters. The van der Waals surface area contributed by atoms with E-state index < -0.39 is 11.4 Å². The van der Waals surface area contributed by atoms with Crippen molar-refractivity contribution in [1.82, 2.24) is 0 Å². The van der Waals surface area contributed by atoms with Crippen molar-refractivity contribution in [2.75, 3.05) is 19.0 Å². The van der Waals surface area contributed by atoms with E-state index in [-0.39, 0.29) is 11.5 Å². The number of carbonyl (C=O) groups excluding carboxylic acids is 2. The molecule has 0 bridgehead atoms. The summed E-state index contributed by atoms with van der Waals surface area (Å²) >= 11 is 5.84. The molecule has 1 amide bonds. The molecular formula is C13H15ClN2O3. The van der Waals surface area contributed by atoms with Crippen LogP contribution in [-0.2, 0) is 9.53 Å². The van der Waals surface area contributed by atoms with Gasteiger partial charge in [-0.3, -0.25) is 4.79 Å². The maximum absolute atomic E-state index is 12.1. The van der Waals surface area contributed by atoms with E-state index in [1.54, 1.807) is 12.1 Å². The molecule has 0 aliphatic heterocycles. The first-order valence-corrected chi connectivity index (χ1v) is 6.29. The van der Waals surface area contributed by atoms with Crippen molar-refractivity contribution in [3.05, 3.63) is 28.8 Å². The average molecular weight is 283 g/mol. The van der Waals surface area contributed by atoms with Gasteiger partial charge in [0.05, 0.1) is 23.8 Å². The summed E-state index contributed by atoms with van der Waals surface area (Å²) in [6.45, 7) is 0.306. The van der Waals surface area contributed by atoms with Gasteiger partial charge in [0.15, 0.2) is 0 Å². The van der Waals surface area contributed by atoms with Crippen molar-refractivity contribution in [2.24, 2.45) is 11.1 Å². The van der Waals surface area contributed by atoms with Gasteiger partial charge >= 0.3 is 5.97 Å². The zero-order valence-corrected chi connectivity index (χ0v) is 11.3. The predicted octanol–water partition coefficient (Wildman–Crippen LogP) is 1.80. The predicted molar refractivity (Wildman–Crippen MR) is 72.1 cm³/mol. The number of benzene rings is 1. The number of esters is 1. The molecule has 1 fully saturated rings. The van der Waals surface area contributed by atoms with Crippen LogP contribution in [0, 0.1) is 5.41 Å². The molecule has 1 aromatic carbocycles. The summed E-state index contributed by atoms with van der Waals surface area (Å²) in [6, 6.07) is 4.65. The Kier molecular flexibility index (Phi) is 3.78. The Hall–Kier alpha value is -1.59. The highest BCUT2D eigenvalue weighted by molar-refractivity contribution is 6.31. The topological polar surface area (TPSA) is 81.4 Å². The van der Waals surface area contributed by atoms with Crippen LogP contribution in [0.3, 0.4) is 0 Å². The number of nitrogens with one attached hydrogen (secondary N) is 1. The molecule has 0 aromatic heterocycles. The van der Waals surface area contributed by atoms with E-state index in [1.165, 1.54) is 13.2 Å². The Morgan fingerprint density at radius 3 is 2.68 bits per heavy atom. The Bertz CT molecular complexity index is 527. The number of anilines is 1. The summed E-state index contributed by atoms with van der Waals surface area (Å²) in [7, 11) is 1.27. The fraction of sp³-hybridized carbons (Fsp3) is 0.385. The van der Waals surface area contributed by atoms with E-state index in [1.807, 2.05) is 0 Å². The third-order valence-electron chi connectivity index (χ3n) is 3.36. The van der Waals surface area contributed by atoms with Crippen molar-refractivity contribution < 1.29 is 14.3 Å². The van der Waals surface area contributed by atoms with Crippen LogP contribution in [0.5, 0.6) is 0 Å². The highest BCUT2D eigenvalue weighted by Gasteiger charge is 2.48. The van der Waals surface area contributed by atoms with Crippen LogP contribution in [0.2, 0.25) is 5.02 Å². The molecule has 0 spiro atoms. The Balaban J connectivity index is 2.25. The number of hydrogen-bond acceptors (Lipinski definition) is 4. The van der Waals surface area contributed by atoms with E-state index >= 15 is 0 Å². The molecule has 2 rings (SSSR count). The first-order chi connectivity index (χ1) is 9.02. The van der Waals surface area contributed by atoms with Crippen LogP contribution < -0.4 is 11.1 Å². The van der Waals surface area contributed by atoms with Crippen molar-refractivity contribution in [3.8, 4) is 0 Å². The minimum atomic E-state index is -0.546. The highest BCUT2D eigenvalue weighted by atomic mass is 35.5. The maximum atomic E-state index is 12.1. The van der Waals surface area contributed by atoms with Gasteiger partial charge < -0.3 is 15.8 Å². The molecule has 1 saturated carbocycles. The number of rotatable bonds is 4. The summed E-state index contributed by atoms with van der Waals surface area (Å²) < 4.78 is 4.67. The zero-order chi connectivity index (χ0) is 14.0. The van der Waals surface area contributed by atoms with E-state index in [2.05, 4.69) is 10.1 Å². The molecule has 102 valence electrons. The van der Waals surface area contributed by atoms with Gasteiger partial charge in [-0.2, -0.15) is 0 Å². The zero-order valence-electron chi connectivity index (χ0n) is 10.5. The van der Waals surface area contributed by atoms with Crippen LogP contribution >= 0.6 is 11.6 Å². The van der Waals surface area contributed by atoms with Crippen molar-refractivity contribution in [1.29, 1.82) is 0 Å². The molecule has 0 saturated heterocycles. The Morgan fingerprint density at radius 1 is 1.47 bits per heavy atom. The summed E-state index contributed by atoms with van der Waals surface area (Å²) in [4.78, 5) is 23.7. The van der Waals surface area contributed by atoms with Crippen molar-refractivity contribution >= 4 is 29.2 Å². The largest absolute Gasteiger partial charge is 0.465 e. The molecular weight excluding hydrogens is 268 g/mol. The van der Waals surface area contributed by atoms with Crippen LogP contribution in [0.25, 0.3) is 0 Å². The van der Waals surface area contributed by atoms with Gasteiger partial charge in [0, 0.05) is 11.6 Å². The molecule has 0 heterocycles. The van der Waals surface area contributed by atoms with Gasteiger partial charge in [0.2, 0.25) is 5.91 Å². The summed E-state index contributed by atoms with van der Waals surface area (Å²) in [5.74, 6) is -0.710. The number of hydrogen-bond donors (Lipinski definition) is 2. The Morgan fingerprint density at radius 2 is 2.16 bits per heavy atom. The van der Waals surface area contributed by atoms with Gasteiger partial charge in [0.1, 0.15) is 0 Å². The molecule has 19 heavy (non-hydrogen) atoms. The number of ether oxygens (including phenoxy) is 1. The summed E-state index contributed by atoms with van der Waals surface area (Å²) in [5, 5.41) is 3.13. The second kappa shape index (κ2) is 5.19. The van der Waals surface area contributed by atoms with E-state index in [0.717, 1.165) is 12.8 Å². The van der Waals surface area contributed by atoms with E-state index in [0.29, 0.717) is 17.3 Å². The average Bonchev–Trinajstić information content (AvgIpc) is 3.21. The molecule has 1 aliphatic rings. The lowest BCUT2D eigenvalue weighted by atomic mass is 10.1. The third-order valence-corrected chi connectivity index (χ3v) is 3.60. The quantitative estimate of drug-likeness (QED) is 0.825. The number of carbonyl (C=O) groups is 2. The molecule has 1 aromatic rings. The summed E-state index contributed by atoms with van der Waals surface area (Å²) in [6.07, 6.45) is 1.55. The molecule has 6 heteroatoms. The van der Waals surface area contributed by atoms with Gasteiger partial charge in [-0.05, 0) is 31.0 Å². The Labute approximate surface area is 116 Å². The number of methoxy groups -OCH3 is 1. The van der Waals surface area contributed by atoms with Crippen molar-refractivity contribution in [2.45, 2.75) is 12.8 Å². The third kappa shape index (κ3) is 2.72. The van der Waals surface area contributed by atoms with Gasteiger partial charge in [-0.1, -0.05) is 11.6 Å². The van der Waals surface area contributed by atoms with Crippen LogP contribution in [0.4, 0.5) is 5.69 Å². The molecule has 0 atom stereocenters. The van der Waals surface area contributed by atoms with Crippen molar-refractivity contribution in [3.63, 3.8) is 0 Å². The van der Waals surface area contributed by atoms with Gasteiger partial charge in [-0.25, -0.2) is 4.79 Å². The standard InChI is InChI=1S/C13H15ClN2O3/c1-19-11(17)9-6-8(14)2-3-10(9)16-12(18)13(7-15)4-5-13/h2-3,6H,4-5,7,15H2,1H3,(H,16,18). The second-order valence-electron chi connectivity index (χ2n) is 4.62. The SMILES string of the molecule is COC(=O)c1cc(Cl)ccc1NC(=O)C1(CN)CC1. The lowest BCUT2D eigenvalue weighted by Gasteiger charge is -2.15. The molecule has 0 radical (unpaired) electrons. The van der Waals surface area contributed by atoms with Crippen LogP contribution in [0.15, 0.2) is 18.2 Å². The normalized spacial score (nSPS) is 15.7. The fourth-order valence-electron chi connectivity index (χ4n) is 1.83. The molecule has 5 nitrogen and oxygen atoms in total. The summed E-state index contributed by atoms with van der Waals surface area (Å²) in [5.41, 5.74) is 5.74. The minimum Gasteiger partial charge on any atom is -0.465 e. The fourth-order valence-corrected chi connectivity index (χ4v) is 2.01. The van der Waals surface area contributed by atoms with Gasteiger partial charge in [-0.15, -0.1) is 0 Å².